The van der Waals surface area contributed by atoms with Gasteiger partial charge in [0.1, 0.15) is 5.41 Å². The summed E-state index contributed by atoms with van der Waals surface area (Å²) in [5, 5.41) is 14.6. The Labute approximate surface area is 124 Å². The van der Waals surface area contributed by atoms with Gasteiger partial charge >= 0.3 is 0 Å². The number of amides is 2. The molecule has 0 radical (unpaired) electrons. The number of rotatable bonds is 5. The van der Waals surface area contributed by atoms with Crippen LogP contribution in [0.5, 0.6) is 0 Å². The summed E-state index contributed by atoms with van der Waals surface area (Å²) >= 11 is 0. The third kappa shape index (κ3) is 3.63. The van der Waals surface area contributed by atoms with Crippen molar-refractivity contribution >= 4 is 17.6 Å². The molecule has 1 atom stereocenters. The number of ether oxygens (including phenoxy) is 1. The molecular weight excluding hydrogens is 276 g/mol. The molecular formula is C13H24N4O4. The molecule has 0 aliphatic carbocycles. The molecule has 0 aromatic heterocycles. The fourth-order valence-electron chi connectivity index (χ4n) is 2.58. The standard InChI is InChI=1S/C13H24N4O4/c1-9(10(18)15-2)8-17(3)12(19)13(11(14)16-20)4-6-21-7-5-13/h9,20H,4-8H2,1-3H3,(H2,14,16)(H,15,18). The van der Waals surface area contributed by atoms with Gasteiger partial charge in [-0.15, -0.1) is 0 Å². The van der Waals surface area contributed by atoms with E-state index in [1.165, 1.54) is 4.90 Å². The minimum atomic E-state index is -1.05. The SMILES string of the molecule is CNC(=O)C(C)CN(C)C(=O)C1(C(N)=NO)CCOCC1. The van der Waals surface area contributed by atoms with E-state index in [9.17, 15) is 9.59 Å². The first kappa shape index (κ1) is 17.2. The smallest absolute Gasteiger partial charge is 0.236 e. The molecule has 0 bridgehead atoms. The molecule has 2 amide bonds. The average molecular weight is 300 g/mol. The van der Waals surface area contributed by atoms with Crippen LogP contribution in [0.4, 0.5) is 0 Å². The Morgan fingerprint density at radius 2 is 2.05 bits per heavy atom. The van der Waals surface area contributed by atoms with E-state index in [1.807, 2.05) is 0 Å². The highest BCUT2D eigenvalue weighted by molar-refractivity contribution is 6.06. The predicted octanol–water partition coefficient (Wildman–Crippen LogP) is -0.630. The number of carbonyl (C=O) groups is 2. The van der Waals surface area contributed by atoms with Crippen molar-refractivity contribution in [3.05, 3.63) is 0 Å². The molecule has 8 nitrogen and oxygen atoms in total. The monoisotopic (exact) mass is 300 g/mol. The molecule has 8 heteroatoms. The molecule has 1 heterocycles. The molecule has 0 spiro atoms. The maximum absolute atomic E-state index is 12.7. The second-order valence-electron chi connectivity index (χ2n) is 5.38. The van der Waals surface area contributed by atoms with E-state index < -0.39 is 5.41 Å². The number of hydrogen-bond donors (Lipinski definition) is 3. The number of amidine groups is 1. The number of carbonyl (C=O) groups excluding carboxylic acids is 2. The van der Waals surface area contributed by atoms with Gasteiger partial charge in [-0.05, 0) is 12.8 Å². The first-order valence-corrected chi connectivity index (χ1v) is 6.92. The lowest BCUT2D eigenvalue weighted by Crippen LogP contribution is -2.54. The Morgan fingerprint density at radius 3 is 2.52 bits per heavy atom. The summed E-state index contributed by atoms with van der Waals surface area (Å²) in [6, 6.07) is 0. The van der Waals surface area contributed by atoms with E-state index in [0.717, 1.165) is 0 Å². The van der Waals surface area contributed by atoms with Gasteiger partial charge in [0.25, 0.3) is 0 Å². The van der Waals surface area contributed by atoms with Crippen LogP contribution in [0.15, 0.2) is 5.16 Å². The van der Waals surface area contributed by atoms with Gasteiger partial charge in [-0.2, -0.15) is 0 Å². The molecule has 1 rings (SSSR count). The largest absolute Gasteiger partial charge is 0.409 e. The third-order valence-electron chi connectivity index (χ3n) is 3.94. The fourth-order valence-corrected chi connectivity index (χ4v) is 2.58. The molecule has 1 unspecified atom stereocenters. The van der Waals surface area contributed by atoms with Crippen molar-refractivity contribution in [3.8, 4) is 0 Å². The zero-order valence-corrected chi connectivity index (χ0v) is 12.8. The number of nitrogens with zero attached hydrogens (tertiary/aromatic N) is 2. The van der Waals surface area contributed by atoms with Crippen molar-refractivity contribution in [2.75, 3.05) is 33.9 Å². The minimum Gasteiger partial charge on any atom is -0.409 e. The molecule has 1 aliphatic heterocycles. The van der Waals surface area contributed by atoms with Gasteiger partial charge in [0.05, 0.1) is 5.92 Å². The Balaban J connectivity index is 2.88. The number of nitrogens with one attached hydrogen (secondary N) is 1. The summed E-state index contributed by atoms with van der Waals surface area (Å²) in [5.74, 6) is -0.834. The highest BCUT2D eigenvalue weighted by Crippen LogP contribution is 2.33. The number of oxime groups is 1. The van der Waals surface area contributed by atoms with Gasteiger partial charge < -0.3 is 25.9 Å². The van der Waals surface area contributed by atoms with Crippen LogP contribution < -0.4 is 11.1 Å². The topological polar surface area (TPSA) is 117 Å². The van der Waals surface area contributed by atoms with Crippen LogP contribution in [0.25, 0.3) is 0 Å². The molecule has 1 saturated heterocycles. The first-order valence-electron chi connectivity index (χ1n) is 6.92. The fraction of sp³-hybridized carbons (Fsp3) is 0.769. The average Bonchev–Trinajstić information content (AvgIpc) is 2.52. The zero-order chi connectivity index (χ0) is 16.0. The van der Waals surface area contributed by atoms with Crippen molar-refractivity contribution in [2.24, 2.45) is 22.2 Å². The molecule has 1 aliphatic rings. The van der Waals surface area contributed by atoms with E-state index >= 15 is 0 Å². The van der Waals surface area contributed by atoms with Crippen molar-refractivity contribution in [1.82, 2.24) is 10.2 Å². The summed E-state index contributed by atoms with van der Waals surface area (Å²) in [7, 11) is 3.17. The van der Waals surface area contributed by atoms with Crippen LogP contribution in [0.1, 0.15) is 19.8 Å². The van der Waals surface area contributed by atoms with E-state index in [1.54, 1.807) is 21.0 Å². The summed E-state index contributed by atoms with van der Waals surface area (Å²) < 4.78 is 5.26. The van der Waals surface area contributed by atoms with Gasteiger partial charge in [-0.3, -0.25) is 9.59 Å². The van der Waals surface area contributed by atoms with Crippen LogP contribution in [-0.2, 0) is 14.3 Å². The summed E-state index contributed by atoms with van der Waals surface area (Å²) in [6.45, 7) is 2.75. The highest BCUT2D eigenvalue weighted by atomic mass is 16.5. The van der Waals surface area contributed by atoms with Crippen LogP contribution in [0.3, 0.4) is 0 Å². The van der Waals surface area contributed by atoms with Gasteiger partial charge in [0.15, 0.2) is 5.84 Å². The van der Waals surface area contributed by atoms with Crippen molar-refractivity contribution in [3.63, 3.8) is 0 Å². The third-order valence-corrected chi connectivity index (χ3v) is 3.94. The Hall–Kier alpha value is -1.83. The summed E-state index contributed by atoms with van der Waals surface area (Å²) in [5.41, 5.74) is 4.70. The molecule has 0 aromatic rings. The molecule has 4 N–H and O–H groups in total. The van der Waals surface area contributed by atoms with Crippen LogP contribution in [0, 0.1) is 11.3 Å². The lowest BCUT2D eigenvalue weighted by atomic mass is 9.77. The lowest BCUT2D eigenvalue weighted by molar-refractivity contribution is -0.142. The molecule has 120 valence electrons. The van der Waals surface area contributed by atoms with E-state index in [0.29, 0.717) is 26.1 Å². The van der Waals surface area contributed by atoms with E-state index in [2.05, 4.69) is 10.5 Å². The quantitative estimate of drug-likeness (QED) is 0.270. The Morgan fingerprint density at radius 1 is 1.48 bits per heavy atom. The number of hydrogen-bond acceptors (Lipinski definition) is 5. The lowest BCUT2D eigenvalue weighted by Gasteiger charge is -2.37. The van der Waals surface area contributed by atoms with Crippen LogP contribution >= 0.6 is 0 Å². The molecule has 0 aromatic carbocycles. The highest BCUT2D eigenvalue weighted by Gasteiger charge is 2.46. The second-order valence-corrected chi connectivity index (χ2v) is 5.38. The second kappa shape index (κ2) is 7.26. The Kier molecular flexibility index (Phi) is 5.95. The number of nitrogens with two attached hydrogens (primary N) is 1. The zero-order valence-electron chi connectivity index (χ0n) is 12.8. The normalized spacial score (nSPS) is 19.7. The predicted molar refractivity (Wildman–Crippen MR) is 76.8 cm³/mol. The van der Waals surface area contributed by atoms with Crippen molar-refractivity contribution < 1.29 is 19.5 Å². The van der Waals surface area contributed by atoms with Gasteiger partial charge in [-0.25, -0.2) is 0 Å². The maximum atomic E-state index is 12.7. The molecule has 1 fully saturated rings. The van der Waals surface area contributed by atoms with Gasteiger partial charge in [0, 0.05) is 33.9 Å². The van der Waals surface area contributed by atoms with E-state index in [4.69, 9.17) is 15.7 Å². The van der Waals surface area contributed by atoms with Crippen LogP contribution in [0.2, 0.25) is 0 Å². The minimum absolute atomic E-state index is 0.102. The van der Waals surface area contributed by atoms with Gasteiger partial charge in [0.2, 0.25) is 11.8 Å². The summed E-state index contributed by atoms with van der Waals surface area (Å²) in [6.07, 6.45) is 0.723. The first-order chi connectivity index (χ1) is 9.89. The van der Waals surface area contributed by atoms with Crippen molar-refractivity contribution in [2.45, 2.75) is 19.8 Å². The molecule has 0 saturated carbocycles. The van der Waals surface area contributed by atoms with Crippen LogP contribution in [-0.4, -0.2) is 61.6 Å². The van der Waals surface area contributed by atoms with Crippen molar-refractivity contribution in [1.29, 1.82) is 0 Å². The van der Waals surface area contributed by atoms with Gasteiger partial charge in [-0.1, -0.05) is 12.1 Å². The summed E-state index contributed by atoms with van der Waals surface area (Å²) in [4.78, 5) is 25.8. The molecule has 21 heavy (non-hydrogen) atoms. The maximum Gasteiger partial charge on any atom is 0.236 e. The Bertz CT molecular complexity index is 418. The van der Waals surface area contributed by atoms with E-state index in [-0.39, 0.29) is 30.1 Å².